The lowest BCUT2D eigenvalue weighted by atomic mass is 10.2. The van der Waals surface area contributed by atoms with Crippen LogP contribution in [-0.4, -0.2) is 40.1 Å². The average Bonchev–Trinajstić information content (AvgIpc) is 2.89. The third kappa shape index (κ3) is 8.88. The van der Waals surface area contributed by atoms with Crippen molar-refractivity contribution in [2.75, 3.05) is 40.1 Å². The molecule has 0 aliphatic heterocycles. The lowest BCUT2D eigenvalue weighted by molar-refractivity contribution is 0.0284. The Morgan fingerprint density at radius 3 is 2.71 bits per heavy atom. The molecule has 0 aromatic carbocycles. The lowest BCUT2D eigenvalue weighted by Crippen LogP contribution is -2.19. The van der Waals surface area contributed by atoms with Gasteiger partial charge in [-0.2, -0.15) is 0 Å². The summed E-state index contributed by atoms with van der Waals surface area (Å²) >= 11 is 0. The first-order chi connectivity index (χ1) is 10.2. The second-order valence-electron chi connectivity index (χ2n) is 5.41. The summed E-state index contributed by atoms with van der Waals surface area (Å²) in [4.78, 5) is 0. The first-order valence-corrected chi connectivity index (χ1v) is 7.64. The standard InChI is InChI=1S/C16H29NO4/c1-14(2)11-17-12-15-5-8-21-16(15)13-20-10-9-19-7-4-6-18-3/h5,8,14,17H,4,6-7,9-13H2,1-3H3. The van der Waals surface area contributed by atoms with E-state index in [1.165, 1.54) is 0 Å². The maximum Gasteiger partial charge on any atom is 0.133 e. The highest BCUT2D eigenvalue weighted by atomic mass is 16.5. The zero-order chi connectivity index (χ0) is 15.3. The van der Waals surface area contributed by atoms with Crippen LogP contribution in [0.4, 0.5) is 0 Å². The molecule has 1 aromatic rings. The summed E-state index contributed by atoms with van der Waals surface area (Å²) in [6.07, 6.45) is 2.63. The summed E-state index contributed by atoms with van der Waals surface area (Å²) in [7, 11) is 1.69. The second-order valence-corrected chi connectivity index (χ2v) is 5.41. The van der Waals surface area contributed by atoms with Gasteiger partial charge in [0.05, 0.1) is 19.5 Å². The molecule has 21 heavy (non-hydrogen) atoms. The van der Waals surface area contributed by atoms with Gasteiger partial charge in [-0.3, -0.25) is 0 Å². The Morgan fingerprint density at radius 1 is 1.14 bits per heavy atom. The molecule has 0 amide bonds. The van der Waals surface area contributed by atoms with Gasteiger partial charge in [0.25, 0.3) is 0 Å². The molecule has 1 aromatic heterocycles. The zero-order valence-corrected chi connectivity index (χ0v) is 13.5. The summed E-state index contributed by atoms with van der Waals surface area (Å²) in [5.41, 5.74) is 1.16. The summed E-state index contributed by atoms with van der Waals surface area (Å²) in [5.74, 6) is 1.54. The minimum absolute atomic E-state index is 0.493. The minimum atomic E-state index is 0.493. The number of rotatable bonds is 13. The fourth-order valence-corrected chi connectivity index (χ4v) is 1.84. The van der Waals surface area contributed by atoms with Crippen molar-refractivity contribution in [1.29, 1.82) is 0 Å². The van der Waals surface area contributed by atoms with E-state index in [-0.39, 0.29) is 0 Å². The van der Waals surface area contributed by atoms with E-state index in [1.807, 2.05) is 6.07 Å². The third-order valence-corrected chi connectivity index (χ3v) is 2.95. The first-order valence-electron chi connectivity index (χ1n) is 7.64. The quantitative estimate of drug-likeness (QED) is 0.567. The topological polar surface area (TPSA) is 52.9 Å². The predicted molar refractivity (Wildman–Crippen MR) is 82.2 cm³/mol. The van der Waals surface area contributed by atoms with Crippen LogP contribution in [0.1, 0.15) is 31.6 Å². The van der Waals surface area contributed by atoms with E-state index >= 15 is 0 Å². The van der Waals surface area contributed by atoms with Gasteiger partial charge in [-0.1, -0.05) is 13.8 Å². The molecule has 0 fully saturated rings. The largest absolute Gasteiger partial charge is 0.467 e. The van der Waals surface area contributed by atoms with Crippen LogP contribution in [0.5, 0.6) is 0 Å². The molecule has 0 bridgehead atoms. The number of nitrogens with one attached hydrogen (secondary N) is 1. The van der Waals surface area contributed by atoms with E-state index in [0.29, 0.717) is 32.3 Å². The smallest absolute Gasteiger partial charge is 0.133 e. The highest BCUT2D eigenvalue weighted by Crippen LogP contribution is 2.11. The molecule has 5 nitrogen and oxygen atoms in total. The molecule has 1 N–H and O–H groups in total. The molecule has 0 atom stereocenters. The molecule has 0 radical (unpaired) electrons. The van der Waals surface area contributed by atoms with Gasteiger partial charge in [0, 0.05) is 32.4 Å². The molecule has 0 saturated carbocycles. The fourth-order valence-electron chi connectivity index (χ4n) is 1.84. The SMILES string of the molecule is COCCCOCCOCc1occc1CNCC(C)C. The predicted octanol–water partition coefficient (Wildman–Crippen LogP) is 2.59. The average molecular weight is 299 g/mol. The number of hydrogen-bond acceptors (Lipinski definition) is 5. The Bertz CT molecular complexity index is 352. The summed E-state index contributed by atoms with van der Waals surface area (Å²) in [6.45, 7) is 9.33. The van der Waals surface area contributed by atoms with Gasteiger partial charge in [0.2, 0.25) is 0 Å². The van der Waals surface area contributed by atoms with Gasteiger partial charge in [-0.05, 0) is 24.9 Å². The van der Waals surface area contributed by atoms with E-state index in [4.69, 9.17) is 18.6 Å². The van der Waals surface area contributed by atoms with Crippen LogP contribution in [0.15, 0.2) is 16.7 Å². The van der Waals surface area contributed by atoms with Crippen LogP contribution in [0.3, 0.4) is 0 Å². The van der Waals surface area contributed by atoms with Crippen LogP contribution >= 0.6 is 0 Å². The van der Waals surface area contributed by atoms with Crippen molar-refractivity contribution in [2.45, 2.75) is 33.4 Å². The Balaban J connectivity index is 2.08. The van der Waals surface area contributed by atoms with Gasteiger partial charge in [-0.25, -0.2) is 0 Å². The zero-order valence-electron chi connectivity index (χ0n) is 13.5. The van der Waals surface area contributed by atoms with Crippen molar-refractivity contribution in [3.05, 3.63) is 23.7 Å². The number of ether oxygens (including phenoxy) is 3. The van der Waals surface area contributed by atoms with E-state index in [2.05, 4.69) is 19.2 Å². The van der Waals surface area contributed by atoms with Crippen molar-refractivity contribution < 1.29 is 18.6 Å². The van der Waals surface area contributed by atoms with Crippen LogP contribution in [-0.2, 0) is 27.4 Å². The van der Waals surface area contributed by atoms with Gasteiger partial charge < -0.3 is 23.9 Å². The highest BCUT2D eigenvalue weighted by Gasteiger charge is 2.06. The summed E-state index contributed by atoms with van der Waals surface area (Å²) in [5, 5.41) is 3.41. The highest BCUT2D eigenvalue weighted by molar-refractivity contribution is 5.16. The molecule has 1 heterocycles. The van der Waals surface area contributed by atoms with Gasteiger partial charge >= 0.3 is 0 Å². The van der Waals surface area contributed by atoms with E-state index < -0.39 is 0 Å². The molecule has 122 valence electrons. The van der Waals surface area contributed by atoms with Crippen molar-refractivity contribution in [3.8, 4) is 0 Å². The molecule has 0 spiro atoms. The molecule has 0 aliphatic carbocycles. The Morgan fingerprint density at radius 2 is 1.95 bits per heavy atom. The summed E-state index contributed by atoms with van der Waals surface area (Å²) < 4.78 is 21.4. The molecular formula is C16H29NO4. The van der Waals surface area contributed by atoms with Gasteiger partial charge in [0.1, 0.15) is 12.4 Å². The van der Waals surface area contributed by atoms with E-state index in [1.54, 1.807) is 13.4 Å². The molecule has 0 saturated heterocycles. The molecule has 0 aliphatic rings. The summed E-state index contributed by atoms with van der Waals surface area (Å²) in [6, 6.07) is 1.99. The van der Waals surface area contributed by atoms with Crippen LogP contribution < -0.4 is 5.32 Å². The third-order valence-electron chi connectivity index (χ3n) is 2.95. The minimum Gasteiger partial charge on any atom is -0.467 e. The fraction of sp³-hybridized carbons (Fsp3) is 0.750. The van der Waals surface area contributed by atoms with Crippen molar-refractivity contribution >= 4 is 0 Å². The Kier molecular flexibility index (Phi) is 10.2. The van der Waals surface area contributed by atoms with Crippen molar-refractivity contribution in [3.63, 3.8) is 0 Å². The van der Waals surface area contributed by atoms with Crippen LogP contribution in [0, 0.1) is 5.92 Å². The monoisotopic (exact) mass is 299 g/mol. The second kappa shape index (κ2) is 11.7. The van der Waals surface area contributed by atoms with Crippen molar-refractivity contribution in [2.24, 2.45) is 5.92 Å². The Hall–Kier alpha value is -0.880. The first kappa shape index (κ1) is 18.2. The maximum absolute atomic E-state index is 5.57. The van der Waals surface area contributed by atoms with Crippen LogP contribution in [0.2, 0.25) is 0 Å². The number of hydrogen-bond donors (Lipinski definition) is 1. The lowest BCUT2D eigenvalue weighted by Gasteiger charge is -2.08. The van der Waals surface area contributed by atoms with E-state index in [0.717, 1.165) is 37.4 Å². The maximum atomic E-state index is 5.57. The van der Waals surface area contributed by atoms with Gasteiger partial charge in [0.15, 0.2) is 0 Å². The van der Waals surface area contributed by atoms with Gasteiger partial charge in [-0.15, -0.1) is 0 Å². The Labute approximate surface area is 127 Å². The number of methoxy groups -OCH3 is 1. The molecule has 0 unspecified atom stereocenters. The van der Waals surface area contributed by atoms with Crippen molar-refractivity contribution in [1.82, 2.24) is 5.32 Å². The molecule has 1 rings (SSSR count). The normalized spacial score (nSPS) is 11.4. The number of furan rings is 1. The molecular weight excluding hydrogens is 270 g/mol. The van der Waals surface area contributed by atoms with Crippen LogP contribution in [0.25, 0.3) is 0 Å². The molecule has 5 heteroatoms. The van der Waals surface area contributed by atoms with E-state index in [9.17, 15) is 0 Å².